The van der Waals surface area contributed by atoms with Crippen molar-refractivity contribution in [2.75, 3.05) is 7.11 Å². The van der Waals surface area contributed by atoms with Gasteiger partial charge in [0.1, 0.15) is 0 Å². The molecule has 0 fully saturated rings. The van der Waals surface area contributed by atoms with Gasteiger partial charge in [0.15, 0.2) is 0 Å². The highest BCUT2D eigenvalue weighted by atomic mass is 35.5. The van der Waals surface area contributed by atoms with Crippen LogP contribution in [0.25, 0.3) is 0 Å². The first-order valence-electron chi connectivity index (χ1n) is 4.06. The first-order chi connectivity index (χ1) is 7.13. The minimum absolute atomic E-state index is 0.507. The number of hydrogen-bond acceptors (Lipinski definition) is 3. The van der Waals surface area contributed by atoms with E-state index in [1.807, 2.05) is 0 Å². The van der Waals surface area contributed by atoms with Crippen LogP contribution in [-0.4, -0.2) is 17.3 Å². The van der Waals surface area contributed by atoms with Gasteiger partial charge in [-0.25, -0.2) is 9.00 Å². The summed E-state index contributed by atoms with van der Waals surface area (Å²) in [6, 6.07) is 6.64. The van der Waals surface area contributed by atoms with Crippen LogP contribution in [0.1, 0.15) is 0 Å². The van der Waals surface area contributed by atoms with Crippen molar-refractivity contribution in [1.82, 2.24) is 0 Å². The predicted octanol–water partition coefficient (Wildman–Crippen LogP) is 2.13. The molecule has 0 saturated carbocycles. The summed E-state index contributed by atoms with van der Waals surface area (Å²) in [7, 11) is -0.123. The van der Waals surface area contributed by atoms with Gasteiger partial charge in [-0.15, -0.1) is 0 Å². The van der Waals surface area contributed by atoms with E-state index < -0.39 is 16.8 Å². The fourth-order valence-corrected chi connectivity index (χ4v) is 1.96. The van der Waals surface area contributed by atoms with Crippen molar-refractivity contribution in [2.45, 2.75) is 4.90 Å². The van der Waals surface area contributed by atoms with Crippen molar-refractivity contribution in [3.8, 4) is 0 Å². The van der Waals surface area contributed by atoms with Gasteiger partial charge in [0.25, 0.3) is 0 Å². The Morgan fingerprint density at radius 2 is 2.27 bits per heavy atom. The van der Waals surface area contributed by atoms with Gasteiger partial charge in [-0.2, -0.15) is 0 Å². The lowest BCUT2D eigenvalue weighted by molar-refractivity contribution is -0.134. The molecule has 0 radical (unpaired) electrons. The molecule has 0 N–H and O–H groups in total. The molecule has 15 heavy (non-hydrogen) atoms. The zero-order valence-corrected chi connectivity index (χ0v) is 9.55. The zero-order chi connectivity index (χ0) is 11.3. The van der Waals surface area contributed by atoms with E-state index in [9.17, 15) is 9.00 Å². The second-order valence-corrected chi connectivity index (χ2v) is 4.36. The topological polar surface area (TPSA) is 43.4 Å². The molecule has 80 valence electrons. The second-order valence-electron chi connectivity index (χ2n) is 2.58. The maximum atomic E-state index is 11.6. The number of benzene rings is 1. The maximum Gasteiger partial charge on any atom is 0.331 e. The van der Waals surface area contributed by atoms with E-state index in [1.165, 1.54) is 12.5 Å². The van der Waals surface area contributed by atoms with Crippen LogP contribution >= 0.6 is 11.6 Å². The van der Waals surface area contributed by atoms with Crippen molar-refractivity contribution in [3.05, 3.63) is 40.8 Å². The third kappa shape index (κ3) is 3.85. The fraction of sp³-hybridized carbons (Fsp3) is 0.100. The van der Waals surface area contributed by atoms with Gasteiger partial charge in [-0.1, -0.05) is 17.7 Å². The molecule has 1 aromatic carbocycles. The van der Waals surface area contributed by atoms with Gasteiger partial charge >= 0.3 is 5.97 Å². The van der Waals surface area contributed by atoms with E-state index in [0.717, 1.165) is 6.08 Å². The number of carbonyl (C=O) groups excluding carboxylic acids is 1. The third-order valence-electron chi connectivity index (χ3n) is 1.56. The molecular formula is C10H9ClO3S. The Morgan fingerprint density at radius 1 is 1.53 bits per heavy atom. The van der Waals surface area contributed by atoms with Gasteiger partial charge in [0, 0.05) is 21.4 Å². The Kier molecular flexibility index (Phi) is 4.52. The number of ether oxygens (including phenoxy) is 1. The molecule has 0 heterocycles. The minimum Gasteiger partial charge on any atom is -0.466 e. The molecule has 1 aromatic rings. The van der Waals surface area contributed by atoms with Gasteiger partial charge in [-0.3, -0.25) is 0 Å². The quantitative estimate of drug-likeness (QED) is 0.604. The Morgan fingerprint density at radius 3 is 2.87 bits per heavy atom. The van der Waals surface area contributed by atoms with Crippen LogP contribution < -0.4 is 0 Å². The maximum absolute atomic E-state index is 11.6. The van der Waals surface area contributed by atoms with Gasteiger partial charge < -0.3 is 4.74 Å². The molecule has 5 heteroatoms. The Bertz CT molecular complexity index is 415. The summed E-state index contributed by atoms with van der Waals surface area (Å²) < 4.78 is 15.9. The van der Waals surface area contributed by atoms with Crippen LogP contribution in [0, 0.1) is 0 Å². The SMILES string of the molecule is COC(=O)/C=C/S(=O)c1cccc(Cl)c1. The van der Waals surface area contributed by atoms with Crippen LogP contribution in [0.2, 0.25) is 5.02 Å². The molecule has 0 aliphatic rings. The Hall–Kier alpha value is -1.13. The van der Waals surface area contributed by atoms with Crippen LogP contribution in [0.15, 0.2) is 40.6 Å². The monoisotopic (exact) mass is 244 g/mol. The van der Waals surface area contributed by atoms with E-state index in [2.05, 4.69) is 4.74 Å². The van der Waals surface area contributed by atoms with E-state index >= 15 is 0 Å². The molecule has 0 aromatic heterocycles. The Balaban J connectivity index is 2.78. The van der Waals surface area contributed by atoms with E-state index in [-0.39, 0.29) is 0 Å². The van der Waals surface area contributed by atoms with Gasteiger partial charge in [-0.05, 0) is 18.2 Å². The van der Waals surface area contributed by atoms with Crippen molar-refractivity contribution >= 4 is 28.4 Å². The zero-order valence-electron chi connectivity index (χ0n) is 7.98. The summed E-state index contributed by atoms with van der Waals surface area (Å²) in [6.45, 7) is 0. The Labute approximate surface area is 95.2 Å². The summed E-state index contributed by atoms with van der Waals surface area (Å²) in [5.41, 5.74) is 0. The number of methoxy groups -OCH3 is 1. The number of carbonyl (C=O) groups is 1. The van der Waals surface area contributed by atoms with Gasteiger partial charge in [0.05, 0.1) is 17.9 Å². The molecule has 0 saturated heterocycles. The number of rotatable bonds is 3. The molecular weight excluding hydrogens is 236 g/mol. The highest BCUT2D eigenvalue weighted by molar-refractivity contribution is 7.88. The molecule has 3 nitrogen and oxygen atoms in total. The van der Waals surface area contributed by atoms with E-state index in [0.29, 0.717) is 9.92 Å². The molecule has 1 atom stereocenters. The molecule has 0 bridgehead atoms. The fourth-order valence-electron chi connectivity index (χ4n) is 0.856. The van der Waals surface area contributed by atoms with Crippen molar-refractivity contribution in [3.63, 3.8) is 0 Å². The van der Waals surface area contributed by atoms with Crippen LogP contribution in [0.3, 0.4) is 0 Å². The van der Waals surface area contributed by atoms with Crippen LogP contribution in [0.4, 0.5) is 0 Å². The molecule has 1 unspecified atom stereocenters. The number of halogens is 1. The molecule has 1 rings (SSSR count). The summed E-state index contributed by atoms with van der Waals surface area (Å²) in [6.07, 6.45) is 1.12. The highest BCUT2D eigenvalue weighted by Gasteiger charge is 2.01. The summed E-state index contributed by atoms with van der Waals surface area (Å²) in [5, 5.41) is 1.77. The molecule has 0 aliphatic carbocycles. The first-order valence-corrected chi connectivity index (χ1v) is 5.65. The highest BCUT2D eigenvalue weighted by Crippen LogP contribution is 2.14. The summed E-state index contributed by atoms with van der Waals surface area (Å²) >= 11 is 5.73. The number of esters is 1. The summed E-state index contributed by atoms with van der Waals surface area (Å²) in [4.78, 5) is 11.3. The standard InChI is InChI=1S/C10H9ClO3S/c1-14-10(12)5-6-15(13)9-4-2-3-8(11)7-9/h2-7H,1H3/b6-5+. The van der Waals surface area contributed by atoms with Crippen LogP contribution in [-0.2, 0) is 20.3 Å². The van der Waals surface area contributed by atoms with Crippen LogP contribution in [0.5, 0.6) is 0 Å². The van der Waals surface area contributed by atoms with Crippen molar-refractivity contribution < 1.29 is 13.7 Å². The van der Waals surface area contributed by atoms with Crippen molar-refractivity contribution in [2.24, 2.45) is 0 Å². The summed E-state index contributed by atoms with van der Waals surface area (Å²) in [5.74, 6) is -0.537. The van der Waals surface area contributed by atoms with Gasteiger partial charge in [0.2, 0.25) is 0 Å². The lowest BCUT2D eigenvalue weighted by atomic mass is 10.4. The molecule has 0 spiro atoms. The molecule has 0 amide bonds. The normalized spacial score (nSPS) is 12.7. The third-order valence-corrected chi connectivity index (χ3v) is 2.89. The largest absolute Gasteiger partial charge is 0.466 e. The smallest absolute Gasteiger partial charge is 0.331 e. The van der Waals surface area contributed by atoms with Crippen molar-refractivity contribution in [1.29, 1.82) is 0 Å². The lowest BCUT2D eigenvalue weighted by Crippen LogP contribution is -1.95. The average molecular weight is 245 g/mol. The number of hydrogen-bond donors (Lipinski definition) is 0. The minimum atomic E-state index is -1.38. The van der Waals surface area contributed by atoms with E-state index in [1.54, 1.807) is 24.3 Å². The average Bonchev–Trinajstić information content (AvgIpc) is 2.25. The lowest BCUT2D eigenvalue weighted by Gasteiger charge is -1.96. The molecule has 0 aliphatic heterocycles. The predicted molar refractivity (Wildman–Crippen MR) is 59.0 cm³/mol. The first kappa shape index (κ1) is 11.9. The second kappa shape index (κ2) is 5.68. The van der Waals surface area contributed by atoms with E-state index in [4.69, 9.17) is 11.6 Å².